The highest BCUT2D eigenvalue weighted by Crippen LogP contribution is 2.32. The summed E-state index contributed by atoms with van der Waals surface area (Å²) in [5, 5.41) is 13.7. The fourth-order valence-electron chi connectivity index (χ4n) is 1.78. The molecule has 0 spiro atoms. The summed E-state index contributed by atoms with van der Waals surface area (Å²) in [4.78, 5) is 0. The summed E-state index contributed by atoms with van der Waals surface area (Å²) in [5.74, 6) is 0.646. The third kappa shape index (κ3) is 3.11. The lowest BCUT2D eigenvalue weighted by molar-refractivity contribution is 0.227. The molecule has 1 saturated carbocycles. The van der Waals surface area contributed by atoms with Crippen molar-refractivity contribution in [3.05, 3.63) is 33.8 Å². The maximum Gasteiger partial charge on any atom is 0.0595 e. The van der Waals surface area contributed by atoms with Gasteiger partial charge in [-0.15, -0.1) is 0 Å². The molecule has 0 amide bonds. The van der Waals surface area contributed by atoms with Gasteiger partial charge in [-0.25, -0.2) is 0 Å². The monoisotopic (exact) mass is 259 g/mol. The van der Waals surface area contributed by atoms with Crippen LogP contribution in [-0.4, -0.2) is 17.8 Å². The predicted molar refractivity (Wildman–Crippen MR) is 66.9 cm³/mol. The van der Waals surface area contributed by atoms with E-state index in [-0.39, 0.29) is 12.6 Å². The lowest BCUT2D eigenvalue weighted by atomic mass is 10.1. The predicted octanol–water partition coefficient (Wildman–Crippen LogP) is 2.85. The Morgan fingerprint density at radius 3 is 2.62 bits per heavy atom. The van der Waals surface area contributed by atoms with Crippen LogP contribution in [0.4, 0.5) is 0 Å². The summed E-state index contributed by atoms with van der Waals surface area (Å²) in [7, 11) is 0. The molecule has 2 N–H and O–H groups in total. The van der Waals surface area contributed by atoms with E-state index in [4.69, 9.17) is 23.2 Å². The van der Waals surface area contributed by atoms with Gasteiger partial charge < -0.3 is 10.4 Å². The molecule has 1 unspecified atom stereocenters. The molecule has 0 saturated heterocycles. The topological polar surface area (TPSA) is 32.3 Å². The number of halogens is 2. The molecular formula is C12H15Cl2NO. The first-order chi connectivity index (χ1) is 7.70. The van der Waals surface area contributed by atoms with Crippen LogP contribution in [0.1, 0.15) is 18.4 Å². The average Bonchev–Trinajstić information content (AvgIpc) is 3.08. The number of hydrogen-bond donors (Lipinski definition) is 2. The minimum atomic E-state index is 0.200. The Kier molecular flexibility index (Phi) is 4.09. The van der Waals surface area contributed by atoms with Gasteiger partial charge in [0.15, 0.2) is 0 Å². The largest absolute Gasteiger partial charge is 0.395 e. The van der Waals surface area contributed by atoms with E-state index in [9.17, 15) is 5.11 Å². The molecule has 1 aliphatic carbocycles. The number of aliphatic hydroxyl groups is 1. The molecule has 1 aliphatic rings. The summed E-state index contributed by atoms with van der Waals surface area (Å²) < 4.78 is 0. The van der Waals surface area contributed by atoms with Gasteiger partial charge in [-0.3, -0.25) is 0 Å². The minimum Gasteiger partial charge on any atom is -0.395 e. The zero-order chi connectivity index (χ0) is 11.5. The second kappa shape index (κ2) is 5.37. The van der Waals surface area contributed by atoms with Crippen molar-refractivity contribution in [2.24, 2.45) is 5.92 Å². The molecule has 1 aromatic rings. The van der Waals surface area contributed by atoms with Crippen molar-refractivity contribution in [2.45, 2.75) is 25.4 Å². The van der Waals surface area contributed by atoms with Crippen LogP contribution in [0.5, 0.6) is 0 Å². The van der Waals surface area contributed by atoms with Crippen molar-refractivity contribution < 1.29 is 5.11 Å². The van der Waals surface area contributed by atoms with Crippen LogP contribution in [0, 0.1) is 5.92 Å². The van der Waals surface area contributed by atoms with Crippen molar-refractivity contribution in [2.75, 3.05) is 6.61 Å². The quantitative estimate of drug-likeness (QED) is 0.853. The zero-order valence-electron chi connectivity index (χ0n) is 8.92. The van der Waals surface area contributed by atoms with Crippen LogP contribution in [0.25, 0.3) is 0 Å². The molecule has 88 valence electrons. The highest BCUT2D eigenvalue weighted by molar-refractivity contribution is 6.42. The van der Waals surface area contributed by atoms with Crippen LogP contribution < -0.4 is 5.32 Å². The van der Waals surface area contributed by atoms with Gasteiger partial charge in [0.25, 0.3) is 0 Å². The zero-order valence-corrected chi connectivity index (χ0v) is 10.4. The molecule has 0 heterocycles. The SMILES string of the molecule is OCC(NCc1ccc(Cl)c(Cl)c1)C1CC1. The van der Waals surface area contributed by atoms with Crippen molar-refractivity contribution in [1.29, 1.82) is 0 Å². The van der Waals surface area contributed by atoms with Gasteiger partial charge in [0.05, 0.1) is 16.7 Å². The van der Waals surface area contributed by atoms with E-state index in [2.05, 4.69) is 5.32 Å². The maximum absolute atomic E-state index is 9.20. The Morgan fingerprint density at radius 1 is 1.31 bits per heavy atom. The van der Waals surface area contributed by atoms with Crippen LogP contribution in [0.2, 0.25) is 10.0 Å². The van der Waals surface area contributed by atoms with E-state index < -0.39 is 0 Å². The van der Waals surface area contributed by atoms with Crippen molar-refractivity contribution >= 4 is 23.2 Å². The smallest absolute Gasteiger partial charge is 0.0595 e. The van der Waals surface area contributed by atoms with Gasteiger partial charge in [0.1, 0.15) is 0 Å². The molecule has 0 aliphatic heterocycles. The third-order valence-corrected chi connectivity index (χ3v) is 3.68. The van der Waals surface area contributed by atoms with E-state index in [1.54, 1.807) is 6.07 Å². The van der Waals surface area contributed by atoms with Gasteiger partial charge >= 0.3 is 0 Å². The molecule has 1 atom stereocenters. The fourth-order valence-corrected chi connectivity index (χ4v) is 2.10. The minimum absolute atomic E-state index is 0.200. The van der Waals surface area contributed by atoms with Gasteiger partial charge in [0, 0.05) is 12.6 Å². The average molecular weight is 260 g/mol. The molecule has 16 heavy (non-hydrogen) atoms. The number of rotatable bonds is 5. The molecule has 0 radical (unpaired) electrons. The molecule has 4 heteroatoms. The Bertz CT molecular complexity index is 366. The van der Waals surface area contributed by atoms with Crippen LogP contribution in [-0.2, 0) is 6.54 Å². The van der Waals surface area contributed by atoms with Gasteiger partial charge in [0.2, 0.25) is 0 Å². The Hall–Kier alpha value is -0.280. The normalized spacial score (nSPS) is 17.4. The van der Waals surface area contributed by atoms with Crippen LogP contribution in [0.15, 0.2) is 18.2 Å². The molecule has 1 aromatic carbocycles. The molecule has 1 fully saturated rings. The molecule has 0 bridgehead atoms. The first-order valence-electron chi connectivity index (χ1n) is 5.49. The summed E-state index contributed by atoms with van der Waals surface area (Å²) in [6.45, 7) is 0.921. The summed E-state index contributed by atoms with van der Waals surface area (Å²) in [6, 6.07) is 5.82. The van der Waals surface area contributed by atoms with Crippen molar-refractivity contribution in [3.8, 4) is 0 Å². The van der Waals surface area contributed by atoms with Gasteiger partial charge in [-0.1, -0.05) is 29.3 Å². The Balaban J connectivity index is 1.90. The summed E-state index contributed by atoms with van der Waals surface area (Å²) in [6.07, 6.45) is 2.44. The van der Waals surface area contributed by atoms with E-state index in [0.717, 1.165) is 12.1 Å². The molecule has 0 aromatic heterocycles. The summed E-state index contributed by atoms with van der Waals surface area (Å²) in [5.41, 5.74) is 1.09. The number of benzene rings is 1. The first-order valence-corrected chi connectivity index (χ1v) is 6.24. The van der Waals surface area contributed by atoms with Gasteiger partial charge in [-0.2, -0.15) is 0 Å². The van der Waals surface area contributed by atoms with Crippen LogP contribution >= 0.6 is 23.2 Å². The number of nitrogens with one attached hydrogen (secondary N) is 1. The van der Waals surface area contributed by atoms with E-state index >= 15 is 0 Å². The standard InChI is InChI=1S/C12H15Cl2NO/c13-10-4-1-8(5-11(10)14)6-15-12(7-16)9-2-3-9/h1,4-5,9,12,15-16H,2-3,6-7H2. The third-order valence-electron chi connectivity index (χ3n) is 2.94. The first kappa shape index (κ1) is 12.2. The Labute approximate surface area is 106 Å². The lowest BCUT2D eigenvalue weighted by Crippen LogP contribution is -2.33. The number of hydrogen-bond acceptors (Lipinski definition) is 2. The fraction of sp³-hybridized carbons (Fsp3) is 0.500. The highest BCUT2D eigenvalue weighted by Gasteiger charge is 2.30. The Morgan fingerprint density at radius 2 is 2.06 bits per heavy atom. The maximum atomic E-state index is 9.20. The summed E-state index contributed by atoms with van der Waals surface area (Å²) >= 11 is 11.8. The van der Waals surface area contributed by atoms with E-state index in [1.165, 1.54) is 12.8 Å². The molecular weight excluding hydrogens is 245 g/mol. The van der Waals surface area contributed by atoms with Gasteiger partial charge in [-0.05, 0) is 36.5 Å². The van der Waals surface area contributed by atoms with E-state index in [1.807, 2.05) is 12.1 Å². The molecule has 2 nitrogen and oxygen atoms in total. The second-order valence-electron chi connectivity index (χ2n) is 4.26. The number of aliphatic hydroxyl groups excluding tert-OH is 1. The van der Waals surface area contributed by atoms with E-state index in [0.29, 0.717) is 16.0 Å². The molecule has 2 rings (SSSR count). The van der Waals surface area contributed by atoms with Crippen LogP contribution in [0.3, 0.4) is 0 Å². The van der Waals surface area contributed by atoms with Crippen molar-refractivity contribution in [1.82, 2.24) is 5.32 Å². The highest BCUT2D eigenvalue weighted by atomic mass is 35.5. The van der Waals surface area contributed by atoms with Crippen molar-refractivity contribution in [3.63, 3.8) is 0 Å². The lowest BCUT2D eigenvalue weighted by Gasteiger charge is -2.15. The second-order valence-corrected chi connectivity index (χ2v) is 5.07.